The molecule has 2 aromatic heterocycles. The number of anilines is 1. The van der Waals surface area contributed by atoms with Crippen LogP contribution in [0.5, 0.6) is 0 Å². The van der Waals surface area contributed by atoms with Gasteiger partial charge < -0.3 is 20.4 Å². The number of nitrogens with two attached hydrogens (primary N) is 1. The first-order chi connectivity index (χ1) is 14.4. The van der Waals surface area contributed by atoms with Gasteiger partial charge in [0.15, 0.2) is 0 Å². The Labute approximate surface area is 174 Å². The fraction of sp³-hybridized carbons (Fsp3) is 0.261. The number of furan rings is 1. The summed E-state index contributed by atoms with van der Waals surface area (Å²) in [7, 11) is 1.74. The lowest BCUT2D eigenvalue weighted by atomic mass is 10.1. The van der Waals surface area contributed by atoms with E-state index in [4.69, 9.17) is 10.2 Å². The fourth-order valence-electron chi connectivity index (χ4n) is 3.54. The Kier molecular flexibility index (Phi) is 5.37. The zero-order valence-electron chi connectivity index (χ0n) is 17.0. The number of aryl methyl sites for hydroxylation is 2. The van der Waals surface area contributed by atoms with Gasteiger partial charge in [0.1, 0.15) is 17.2 Å². The van der Waals surface area contributed by atoms with E-state index >= 15 is 0 Å². The molecule has 0 saturated carbocycles. The molecule has 0 radical (unpaired) electrons. The van der Waals surface area contributed by atoms with Crippen LogP contribution in [0.15, 0.2) is 47.0 Å². The predicted octanol–water partition coefficient (Wildman–Crippen LogP) is 3.02. The second-order valence-electron chi connectivity index (χ2n) is 7.58. The van der Waals surface area contributed by atoms with Crippen molar-refractivity contribution >= 4 is 34.7 Å². The van der Waals surface area contributed by atoms with E-state index in [1.165, 1.54) is 6.08 Å². The normalized spacial score (nSPS) is 16.4. The number of hydrogen-bond donors (Lipinski definition) is 2. The van der Waals surface area contributed by atoms with Crippen LogP contribution < -0.4 is 11.1 Å². The van der Waals surface area contributed by atoms with E-state index in [0.717, 1.165) is 33.4 Å². The number of fused-ring (bicyclic) bond motifs is 2. The number of nitrogens with zero attached hydrogens (tertiary/aromatic N) is 2. The molecule has 3 heterocycles. The lowest BCUT2D eigenvalue weighted by molar-refractivity contribution is -0.125. The molecule has 0 spiro atoms. The molecule has 7 heteroatoms. The maximum atomic E-state index is 12.6. The van der Waals surface area contributed by atoms with Gasteiger partial charge in [-0.2, -0.15) is 0 Å². The van der Waals surface area contributed by atoms with Crippen molar-refractivity contribution in [1.82, 2.24) is 9.88 Å². The first kappa shape index (κ1) is 19.8. The molecule has 154 valence electrons. The average molecular weight is 404 g/mol. The zero-order chi connectivity index (χ0) is 21.3. The van der Waals surface area contributed by atoms with Crippen molar-refractivity contribution in [3.63, 3.8) is 0 Å². The molecule has 4 rings (SSSR count). The quantitative estimate of drug-likeness (QED) is 0.651. The number of carbonyl (C=O) groups is 2. The van der Waals surface area contributed by atoms with Gasteiger partial charge in [0, 0.05) is 30.3 Å². The standard InChI is InChI=1S/C23H24N4O3/c1-14-17-5-3-4-6-19(17)30-20(14)13-27(2)21(28)10-7-15-11-16-8-9-18(24)23(29)26-22(16)25-12-15/h3-7,10-12,18H,8-9,13,24H2,1-2H3,(H,25,26,29)/t18-/m1/s1. The molecule has 0 bridgehead atoms. The number of aromatic nitrogens is 1. The molecule has 3 N–H and O–H groups in total. The summed E-state index contributed by atoms with van der Waals surface area (Å²) < 4.78 is 5.90. The van der Waals surface area contributed by atoms with E-state index in [1.807, 2.05) is 37.3 Å². The molecule has 30 heavy (non-hydrogen) atoms. The minimum absolute atomic E-state index is 0.139. The number of likely N-dealkylation sites (N-methyl/N-ethyl adjacent to an activating group) is 1. The van der Waals surface area contributed by atoms with E-state index in [-0.39, 0.29) is 11.8 Å². The third kappa shape index (κ3) is 3.97. The molecule has 1 aromatic carbocycles. The molecule has 2 amide bonds. The van der Waals surface area contributed by atoms with Crippen LogP contribution in [0.3, 0.4) is 0 Å². The summed E-state index contributed by atoms with van der Waals surface area (Å²) in [6, 6.07) is 9.23. The van der Waals surface area contributed by atoms with E-state index in [9.17, 15) is 9.59 Å². The third-order valence-corrected chi connectivity index (χ3v) is 5.41. The SMILES string of the molecule is Cc1c(CN(C)C(=O)C=Cc2cnc3c(c2)CC[C@@H](N)C(=O)N3)oc2ccccc12. The maximum absolute atomic E-state index is 12.6. The maximum Gasteiger partial charge on any atom is 0.246 e. The van der Waals surface area contributed by atoms with Gasteiger partial charge in [0.2, 0.25) is 11.8 Å². The minimum atomic E-state index is -0.532. The largest absolute Gasteiger partial charge is 0.459 e. The molecule has 3 aromatic rings. The summed E-state index contributed by atoms with van der Waals surface area (Å²) in [5.74, 6) is 0.954. The van der Waals surface area contributed by atoms with Crippen LogP contribution in [0.4, 0.5) is 5.82 Å². The van der Waals surface area contributed by atoms with Crippen LogP contribution in [0, 0.1) is 6.92 Å². The number of carbonyl (C=O) groups excluding carboxylic acids is 2. The molecular formula is C23H24N4O3. The van der Waals surface area contributed by atoms with Crippen molar-refractivity contribution in [1.29, 1.82) is 0 Å². The second-order valence-corrected chi connectivity index (χ2v) is 7.58. The van der Waals surface area contributed by atoms with Crippen molar-refractivity contribution in [2.24, 2.45) is 5.73 Å². The van der Waals surface area contributed by atoms with Crippen molar-refractivity contribution < 1.29 is 14.0 Å². The van der Waals surface area contributed by atoms with E-state index in [1.54, 1.807) is 24.2 Å². The van der Waals surface area contributed by atoms with Gasteiger partial charge in [0.25, 0.3) is 0 Å². The van der Waals surface area contributed by atoms with Gasteiger partial charge >= 0.3 is 0 Å². The molecule has 7 nitrogen and oxygen atoms in total. The molecule has 0 fully saturated rings. The Bertz CT molecular complexity index is 1150. The Morgan fingerprint density at radius 3 is 3.00 bits per heavy atom. The summed E-state index contributed by atoms with van der Waals surface area (Å²) in [4.78, 5) is 30.3. The fourth-order valence-corrected chi connectivity index (χ4v) is 3.54. The monoisotopic (exact) mass is 404 g/mol. The number of benzene rings is 1. The third-order valence-electron chi connectivity index (χ3n) is 5.41. The van der Waals surface area contributed by atoms with Crippen molar-refractivity contribution in [3.05, 3.63) is 65.1 Å². The lowest BCUT2D eigenvalue weighted by Crippen LogP contribution is -2.34. The Morgan fingerprint density at radius 1 is 1.40 bits per heavy atom. The Morgan fingerprint density at radius 2 is 2.20 bits per heavy atom. The molecule has 0 aliphatic carbocycles. The molecule has 0 saturated heterocycles. The highest BCUT2D eigenvalue weighted by molar-refractivity contribution is 5.95. The summed E-state index contributed by atoms with van der Waals surface area (Å²) in [5.41, 5.74) is 9.39. The Hall–Kier alpha value is -3.45. The van der Waals surface area contributed by atoms with Crippen LogP contribution in [0.1, 0.15) is 28.9 Å². The molecule has 1 aliphatic heterocycles. The minimum Gasteiger partial charge on any atom is -0.459 e. The summed E-state index contributed by atoms with van der Waals surface area (Å²) in [6.45, 7) is 2.39. The number of amides is 2. The van der Waals surface area contributed by atoms with E-state index < -0.39 is 6.04 Å². The van der Waals surface area contributed by atoms with Crippen molar-refractivity contribution in [2.45, 2.75) is 32.4 Å². The summed E-state index contributed by atoms with van der Waals surface area (Å²) >= 11 is 0. The van der Waals surface area contributed by atoms with Crippen LogP contribution >= 0.6 is 0 Å². The highest BCUT2D eigenvalue weighted by Gasteiger charge is 2.21. The molecule has 1 aliphatic rings. The molecular weight excluding hydrogens is 380 g/mol. The van der Waals surface area contributed by atoms with Crippen LogP contribution in [0.2, 0.25) is 0 Å². The van der Waals surface area contributed by atoms with Crippen LogP contribution in [-0.4, -0.2) is 34.8 Å². The summed E-state index contributed by atoms with van der Waals surface area (Å²) in [6.07, 6.45) is 6.09. The van der Waals surface area contributed by atoms with Gasteiger partial charge in [-0.25, -0.2) is 4.98 Å². The number of nitrogens with one attached hydrogen (secondary N) is 1. The van der Waals surface area contributed by atoms with Gasteiger partial charge in [-0.1, -0.05) is 18.2 Å². The number of pyridine rings is 1. The van der Waals surface area contributed by atoms with Crippen molar-refractivity contribution in [2.75, 3.05) is 12.4 Å². The zero-order valence-corrected chi connectivity index (χ0v) is 17.0. The highest BCUT2D eigenvalue weighted by atomic mass is 16.3. The predicted molar refractivity (Wildman–Crippen MR) is 116 cm³/mol. The topological polar surface area (TPSA) is 101 Å². The average Bonchev–Trinajstić information content (AvgIpc) is 2.98. The molecule has 0 unspecified atom stereocenters. The number of para-hydroxylation sites is 1. The highest BCUT2D eigenvalue weighted by Crippen LogP contribution is 2.26. The lowest BCUT2D eigenvalue weighted by Gasteiger charge is -2.14. The van der Waals surface area contributed by atoms with Gasteiger partial charge in [-0.15, -0.1) is 0 Å². The van der Waals surface area contributed by atoms with E-state index in [0.29, 0.717) is 25.2 Å². The first-order valence-corrected chi connectivity index (χ1v) is 9.88. The van der Waals surface area contributed by atoms with Gasteiger partial charge in [-0.3, -0.25) is 9.59 Å². The van der Waals surface area contributed by atoms with Gasteiger partial charge in [0.05, 0.1) is 12.6 Å². The molecule has 1 atom stereocenters. The van der Waals surface area contributed by atoms with E-state index in [2.05, 4.69) is 10.3 Å². The van der Waals surface area contributed by atoms with Crippen LogP contribution in [0.25, 0.3) is 17.0 Å². The van der Waals surface area contributed by atoms with Crippen LogP contribution in [-0.2, 0) is 22.6 Å². The van der Waals surface area contributed by atoms with Crippen molar-refractivity contribution in [3.8, 4) is 0 Å². The van der Waals surface area contributed by atoms with Gasteiger partial charge in [-0.05, 0) is 49.1 Å². The Balaban J connectivity index is 1.45. The second kappa shape index (κ2) is 8.12. The number of hydrogen-bond acceptors (Lipinski definition) is 5. The summed E-state index contributed by atoms with van der Waals surface area (Å²) in [5, 5.41) is 3.80. The smallest absolute Gasteiger partial charge is 0.246 e. The first-order valence-electron chi connectivity index (χ1n) is 9.88. The number of rotatable bonds is 4.